The molecule has 1 amide bonds. The Balaban J connectivity index is 1.46. The SMILES string of the molecule is Cc1ccc(C)c(CN2C(=O)[C@@](O)(CC(=O)c3ccc4c(c3)CCCC4)c3ccccc32)c1. The van der Waals surface area contributed by atoms with Crippen LogP contribution in [0.3, 0.4) is 0 Å². The van der Waals surface area contributed by atoms with E-state index >= 15 is 0 Å². The molecule has 4 heteroatoms. The number of hydrogen-bond donors (Lipinski definition) is 1. The van der Waals surface area contributed by atoms with Gasteiger partial charge < -0.3 is 10.0 Å². The second kappa shape index (κ2) is 8.27. The van der Waals surface area contributed by atoms with Gasteiger partial charge in [0.05, 0.1) is 18.7 Å². The van der Waals surface area contributed by atoms with Crippen molar-refractivity contribution in [3.63, 3.8) is 0 Å². The van der Waals surface area contributed by atoms with Crippen molar-refractivity contribution in [1.29, 1.82) is 0 Å². The highest BCUT2D eigenvalue weighted by Gasteiger charge is 2.50. The Hall–Kier alpha value is -3.24. The van der Waals surface area contributed by atoms with Crippen molar-refractivity contribution in [2.45, 2.75) is 58.1 Å². The molecule has 0 bridgehead atoms. The number of aryl methyl sites for hydroxylation is 4. The number of hydrogen-bond acceptors (Lipinski definition) is 3. The van der Waals surface area contributed by atoms with Gasteiger partial charge in [-0.25, -0.2) is 0 Å². The minimum atomic E-state index is -1.86. The maximum absolute atomic E-state index is 13.6. The smallest absolute Gasteiger partial charge is 0.264 e. The highest BCUT2D eigenvalue weighted by Crippen LogP contribution is 2.43. The standard InChI is InChI=1S/C29H29NO3/c1-19-11-12-20(2)24(15-19)18-30-26-10-6-5-9-25(26)29(33,28(30)32)17-27(31)23-14-13-21-7-3-4-8-22(21)16-23/h5-6,9-16,33H,3-4,7-8,17-18H2,1-2H3/t29-/m1/s1. The first kappa shape index (κ1) is 21.6. The summed E-state index contributed by atoms with van der Waals surface area (Å²) in [6.45, 7) is 4.40. The van der Waals surface area contributed by atoms with Gasteiger partial charge >= 0.3 is 0 Å². The largest absolute Gasteiger partial charge is 0.375 e. The third-order valence-corrected chi connectivity index (χ3v) is 7.16. The van der Waals surface area contributed by atoms with Gasteiger partial charge in [0, 0.05) is 11.1 Å². The third-order valence-electron chi connectivity index (χ3n) is 7.16. The van der Waals surface area contributed by atoms with Crippen molar-refractivity contribution in [2.24, 2.45) is 0 Å². The molecule has 0 radical (unpaired) electrons. The lowest BCUT2D eigenvalue weighted by Crippen LogP contribution is -2.41. The Morgan fingerprint density at radius 2 is 1.73 bits per heavy atom. The number of carbonyl (C=O) groups excluding carboxylic acids is 2. The zero-order valence-electron chi connectivity index (χ0n) is 19.2. The van der Waals surface area contributed by atoms with E-state index in [4.69, 9.17) is 0 Å². The van der Waals surface area contributed by atoms with E-state index in [9.17, 15) is 14.7 Å². The number of Topliss-reactive ketones (excluding diaryl/α,β-unsaturated/α-hetero) is 1. The Morgan fingerprint density at radius 1 is 0.970 bits per heavy atom. The Bertz CT molecular complexity index is 1260. The highest BCUT2D eigenvalue weighted by molar-refractivity contribution is 6.10. The topological polar surface area (TPSA) is 57.6 Å². The predicted molar refractivity (Wildman–Crippen MR) is 129 cm³/mol. The molecular formula is C29H29NO3. The molecule has 1 atom stereocenters. The van der Waals surface area contributed by atoms with Crippen LogP contribution in [0.1, 0.15) is 63.0 Å². The first-order valence-electron chi connectivity index (χ1n) is 11.7. The molecule has 0 aromatic heterocycles. The van der Waals surface area contributed by atoms with Crippen LogP contribution in [0.15, 0.2) is 60.7 Å². The van der Waals surface area contributed by atoms with Crippen molar-refractivity contribution >= 4 is 17.4 Å². The van der Waals surface area contributed by atoms with Crippen molar-refractivity contribution in [1.82, 2.24) is 0 Å². The van der Waals surface area contributed by atoms with E-state index in [1.165, 1.54) is 17.5 Å². The van der Waals surface area contributed by atoms with Crippen LogP contribution in [-0.4, -0.2) is 16.8 Å². The van der Waals surface area contributed by atoms with E-state index in [0.717, 1.165) is 36.0 Å². The molecule has 0 unspecified atom stereocenters. The third kappa shape index (κ3) is 3.79. The molecule has 2 aliphatic rings. The monoisotopic (exact) mass is 439 g/mol. The molecule has 0 saturated heterocycles. The molecular weight excluding hydrogens is 410 g/mol. The quantitative estimate of drug-likeness (QED) is 0.557. The van der Waals surface area contributed by atoms with Gasteiger partial charge in [-0.05, 0) is 73.9 Å². The molecule has 0 fully saturated rings. The average molecular weight is 440 g/mol. The lowest BCUT2D eigenvalue weighted by molar-refractivity contribution is -0.136. The molecule has 5 rings (SSSR count). The first-order valence-corrected chi connectivity index (χ1v) is 11.7. The first-order chi connectivity index (χ1) is 15.9. The van der Waals surface area contributed by atoms with Gasteiger partial charge in [0.25, 0.3) is 5.91 Å². The lowest BCUT2D eigenvalue weighted by Gasteiger charge is -2.24. The molecule has 3 aromatic rings. The maximum Gasteiger partial charge on any atom is 0.264 e. The average Bonchev–Trinajstić information content (AvgIpc) is 3.03. The minimum absolute atomic E-state index is 0.206. The fraction of sp³-hybridized carbons (Fsp3) is 0.310. The molecule has 4 nitrogen and oxygen atoms in total. The fourth-order valence-corrected chi connectivity index (χ4v) is 5.22. The van der Waals surface area contributed by atoms with Gasteiger partial charge in [-0.2, -0.15) is 0 Å². The van der Waals surface area contributed by atoms with Crippen LogP contribution in [0.25, 0.3) is 0 Å². The molecule has 1 aliphatic carbocycles. The maximum atomic E-state index is 13.6. The fourth-order valence-electron chi connectivity index (χ4n) is 5.22. The van der Waals surface area contributed by atoms with Crippen LogP contribution in [0.4, 0.5) is 5.69 Å². The van der Waals surface area contributed by atoms with Gasteiger partial charge in [-0.1, -0.05) is 54.1 Å². The van der Waals surface area contributed by atoms with Crippen LogP contribution in [0.5, 0.6) is 0 Å². The summed E-state index contributed by atoms with van der Waals surface area (Å²) in [7, 11) is 0. The zero-order valence-corrected chi connectivity index (χ0v) is 19.2. The summed E-state index contributed by atoms with van der Waals surface area (Å²) < 4.78 is 0. The summed E-state index contributed by atoms with van der Waals surface area (Å²) in [4.78, 5) is 28.5. The molecule has 1 heterocycles. The van der Waals surface area contributed by atoms with Crippen molar-refractivity contribution in [3.8, 4) is 0 Å². The van der Waals surface area contributed by atoms with Gasteiger partial charge in [-0.3, -0.25) is 9.59 Å². The van der Waals surface area contributed by atoms with Crippen LogP contribution in [0.2, 0.25) is 0 Å². The number of anilines is 1. The summed E-state index contributed by atoms with van der Waals surface area (Å²) in [5, 5.41) is 11.6. The highest BCUT2D eigenvalue weighted by atomic mass is 16.3. The van der Waals surface area contributed by atoms with Crippen molar-refractivity contribution < 1.29 is 14.7 Å². The summed E-state index contributed by atoms with van der Waals surface area (Å²) in [6, 6.07) is 19.3. The van der Waals surface area contributed by atoms with E-state index < -0.39 is 11.5 Å². The normalized spacial score (nSPS) is 19.4. The number of carbonyl (C=O) groups is 2. The summed E-state index contributed by atoms with van der Waals surface area (Å²) in [5.74, 6) is -0.640. The number of para-hydroxylation sites is 1. The predicted octanol–water partition coefficient (Wildman–Crippen LogP) is 5.19. The summed E-state index contributed by atoms with van der Waals surface area (Å²) in [5.41, 5.74) is 5.65. The van der Waals surface area contributed by atoms with Gasteiger partial charge in [-0.15, -0.1) is 0 Å². The van der Waals surface area contributed by atoms with Gasteiger partial charge in [0.15, 0.2) is 11.4 Å². The molecule has 1 aliphatic heterocycles. The lowest BCUT2D eigenvalue weighted by atomic mass is 9.85. The molecule has 0 spiro atoms. The summed E-state index contributed by atoms with van der Waals surface area (Å²) in [6.07, 6.45) is 4.08. The van der Waals surface area contributed by atoms with Crippen LogP contribution < -0.4 is 4.90 Å². The number of aliphatic hydroxyl groups is 1. The number of amides is 1. The van der Waals surface area contributed by atoms with Crippen LogP contribution >= 0.6 is 0 Å². The van der Waals surface area contributed by atoms with E-state index in [2.05, 4.69) is 6.07 Å². The van der Waals surface area contributed by atoms with Gasteiger partial charge in [0.2, 0.25) is 0 Å². The number of benzene rings is 3. The Morgan fingerprint density at radius 3 is 2.55 bits per heavy atom. The van der Waals surface area contributed by atoms with Gasteiger partial charge in [0.1, 0.15) is 0 Å². The Labute approximate surface area is 194 Å². The molecule has 1 N–H and O–H groups in total. The van der Waals surface area contributed by atoms with Crippen LogP contribution in [-0.2, 0) is 29.8 Å². The summed E-state index contributed by atoms with van der Waals surface area (Å²) >= 11 is 0. The zero-order chi connectivity index (χ0) is 23.2. The second-order valence-corrected chi connectivity index (χ2v) is 9.49. The number of nitrogens with zero attached hydrogens (tertiary/aromatic N) is 1. The van der Waals surface area contributed by atoms with Crippen LogP contribution in [0, 0.1) is 13.8 Å². The van der Waals surface area contributed by atoms with E-state index in [1.54, 1.807) is 11.0 Å². The molecule has 33 heavy (non-hydrogen) atoms. The Kier molecular flexibility index (Phi) is 5.41. The molecule has 3 aromatic carbocycles. The van der Waals surface area contributed by atoms with E-state index in [0.29, 0.717) is 23.4 Å². The number of rotatable bonds is 5. The van der Waals surface area contributed by atoms with Crippen molar-refractivity contribution in [3.05, 3.63) is 99.6 Å². The van der Waals surface area contributed by atoms with E-state index in [1.807, 2.05) is 62.4 Å². The molecule has 168 valence electrons. The van der Waals surface area contributed by atoms with Crippen molar-refractivity contribution in [2.75, 3.05) is 4.90 Å². The number of ketones is 1. The number of fused-ring (bicyclic) bond motifs is 2. The second-order valence-electron chi connectivity index (χ2n) is 9.49. The van der Waals surface area contributed by atoms with E-state index in [-0.39, 0.29) is 12.2 Å². The minimum Gasteiger partial charge on any atom is -0.375 e. The molecule has 0 saturated carbocycles.